The van der Waals surface area contributed by atoms with E-state index in [9.17, 15) is 9.18 Å². The van der Waals surface area contributed by atoms with Gasteiger partial charge in [-0.25, -0.2) is 4.39 Å². The third-order valence-electron chi connectivity index (χ3n) is 2.50. The molecule has 2 rings (SSSR count). The van der Waals surface area contributed by atoms with E-state index in [0.29, 0.717) is 4.67 Å². The molecule has 2 aromatic rings. The highest BCUT2D eigenvalue weighted by Gasteiger charge is 2.27. The Bertz CT molecular complexity index is 678. The van der Waals surface area contributed by atoms with Crippen molar-refractivity contribution in [3.05, 3.63) is 57.2 Å². The fraction of sp³-hybridized carbons (Fsp3) is 0.0769. The predicted octanol–water partition coefficient (Wildman–Crippen LogP) is 4.32. The highest BCUT2D eigenvalue weighted by molar-refractivity contribution is 9.10. The Morgan fingerprint density at radius 1 is 1.42 bits per heavy atom. The molecule has 0 aliphatic rings. The average Bonchev–Trinajstić information content (AvgIpc) is 2.82. The molecule has 0 saturated carbocycles. The van der Waals surface area contributed by atoms with Gasteiger partial charge in [0, 0.05) is 5.56 Å². The van der Waals surface area contributed by atoms with Crippen LogP contribution >= 0.6 is 27.5 Å². The summed E-state index contributed by atoms with van der Waals surface area (Å²) in [6.45, 7) is 0. The molecule has 0 aliphatic carbocycles. The molecule has 0 spiro atoms. The molecule has 1 unspecified atom stereocenters. The molecular formula is C13H6BrClFNO2. The van der Waals surface area contributed by atoms with Gasteiger partial charge in [0.1, 0.15) is 11.7 Å². The number of furan rings is 1. The maximum absolute atomic E-state index is 13.8. The van der Waals surface area contributed by atoms with Crippen LogP contribution in [0, 0.1) is 17.1 Å². The molecule has 1 aromatic carbocycles. The smallest absolute Gasteiger partial charge is 0.219 e. The lowest BCUT2D eigenvalue weighted by Gasteiger charge is -2.08. The summed E-state index contributed by atoms with van der Waals surface area (Å²) in [5, 5.41) is 8.97. The topological polar surface area (TPSA) is 54.0 Å². The average molecular weight is 343 g/mol. The van der Waals surface area contributed by atoms with Crippen LogP contribution in [-0.4, -0.2) is 5.78 Å². The number of Topliss-reactive ketones (excluding diaryl/α,β-unsaturated/α-hetero) is 1. The minimum absolute atomic E-state index is 0.0159. The van der Waals surface area contributed by atoms with E-state index in [-0.39, 0.29) is 16.3 Å². The monoisotopic (exact) mass is 341 g/mol. The summed E-state index contributed by atoms with van der Waals surface area (Å²) in [4.78, 5) is 12.1. The minimum Gasteiger partial charge on any atom is -0.446 e. The fourth-order valence-electron chi connectivity index (χ4n) is 1.60. The zero-order valence-corrected chi connectivity index (χ0v) is 11.7. The molecule has 96 valence electrons. The number of nitrogens with zero attached hydrogens (tertiary/aromatic N) is 1. The van der Waals surface area contributed by atoms with Crippen molar-refractivity contribution in [3.8, 4) is 6.07 Å². The molecule has 0 aliphatic heterocycles. The van der Waals surface area contributed by atoms with Gasteiger partial charge in [0.2, 0.25) is 5.78 Å². The van der Waals surface area contributed by atoms with E-state index in [1.807, 2.05) is 0 Å². The highest BCUT2D eigenvalue weighted by Crippen LogP contribution is 2.28. The second kappa shape index (κ2) is 5.55. The summed E-state index contributed by atoms with van der Waals surface area (Å²) < 4.78 is 19.3. The van der Waals surface area contributed by atoms with Crippen molar-refractivity contribution in [1.29, 1.82) is 5.26 Å². The van der Waals surface area contributed by atoms with Crippen molar-refractivity contribution >= 4 is 33.3 Å². The Morgan fingerprint density at radius 2 is 2.16 bits per heavy atom. The maximum atomic E-state index is 13.8. The molecule has 0 saturated heterocycles. The first kappa shape index (κ1) is 13.8. The standard InChI is InChI=1S/C13H6BrClFNO2/c14-11-5-4-10(19-11)13(18)8(6-17)7-2-1-3-9(15)12(7)16/h1-5,8H. The van der Waals surface area contributed by atoms with Gasteiger partial charge >= 0.3 is 0 Å². The SMILES string of the molecule is N#CC(C(=O)c1ccc(Br)o1)c1cccc(Cl)c1F. The van der Waals surface area contributed by atoms with Crippen LogP contribution in [0.5, 0.6) is 0 Å². The molecule has 3 nitrogen and oxygen atoms in total. The summed E-state index contributed by atoms with van der Waals surface area (Å²) in [6, 6.07) is 8.89. The van der Waals surface area contributed by atoms with Crippen LogP contribution in [0.3, 0.4) is 0 Å². The number of ketones is 1. The number of benzene rings is 1. The normalized spacial score (nSPS) is 11.9. The number of rotatable bonds is 3. The number of nitriles is 1. The van der Waals surface area contributed by atoms with Crippen molar-refractivity contribution in [2.24, 2.45) is 0 Å². The minimum atomic E-state index is -1.29. The number of carbonyl (C=O) groups is 1. The molecule has 1 atom stereocenters. The van der Waals surface area contributed by atoms with Gasteiger partial charge in [-0.2, -0.15) is 5.26 Å². The van der Waals surface area contributed by atoms with Crippen LogP contribution in [0.2, 0.25) is 5.02 Å². The van der Waals surface area contributed by atoms with Gasteiger partial charge in [0.15, 0.2) is 10.4 Å². The Hall–Kier alpha value is -1.64. The third kappa shape index (κ3) is 2.70. The van der Waals surface area contributed by atoms with Crippen LogP contribution in [0.4, 0.5) is 4.39 Å². The summed E-state index contributed by atoms with van der Waals surface area (Å²) in [5.41, 5.74) is -0.0625. The first-order chi connectivity index (χ1) is 9.04. The molecule has 0 bridgehead atoms. The third-order valence-corrected chi connectivity index (χ3v) is 3.22. The molecule has 0 amide bonds. The van der Waals surface area contributed by atoms with Gasteiger partial charge < -0.3 is 4.42 Å². The largest absolute Gasteiger partial charge is 0.446 e. The Morgan fingerprint density at radius 3 is 2.74 bits per heavy atom. The lowest BCUT2D eigenvalue weighted by Crippen LogP contribution is -2.12. The van der Waals surface area contributed by atoms with Gasteiger partial charge in [-0.15, -0.1) is 0 Å². The van der Waals surface area contributed by atoms with Crippen LogP contribution in [0.15, 0.2) is 39.4 Å². The molecule has 0 radical (unpaired) electrons. The van der Waals surface area contributed by atoms with Crippen molar-refractivity contribution < 1.29 is 13.6 Å². The fourth-order valence-corrected chi connectivity index (χ4v) is 2.09. The predicted molar refractivity (Wildman–Crippen MR) is 70.5 cm³/mol. The van der Waals surface area contributed by atoms with E-state index in [0.717, 1.165) is 0 Å². The van der Waals surface area contributed by atoms with E-state index < -0.39 is 17.5 Å². The number of hydrogen-bond donors (Lipinski definition) is 0. The van der Waals surface area contributed by atoms with Crippen LogP contribution in [-0.2, 0) is 0 Å². The van der Waals surface area contributed by atoms with Gasteiger partial charge in [-0.05, 0) is 34.1 Å². The second-order valence-corrected chi connectivity index (χ2v) is 4.86. The zero-order valence-electron chi connectivity index (χ0n) is 9.36. The summed E-state index contributed by atoms with van der Waals surface area (Å²) in [7, 11) is 0. The molecule has 0 fully saturated rings. The summed E-state index contributed by atoms with van der Waals surface area (Å²) in [5.74, 6) is -2.70. The van der Waals surface area contributed by atoms with E-state index >= 15 is 0 Å². The lowest BCUT2D eigenvalue weighted by atomic mass is 9.94. The van der Waals surface area contributed by atoms with Gasteiger partial charge in [0.25, 0.3) is 0 Å². The molecule has 1 aromatic heterocycles. The lowest BCUT2D eigenvalue weighted by molar-refractivity contribution is 0.0949. The first-order valence-corrected chi connectivity index (χ1v) is 6.34. The maximum Gasteiger partial charge on any atom is 0.219 e. The molecule has 1 heterocycles. The van der Waals surface area contributed by atoms with Crippen LogP contribution < -0.4 is 0 Å². The highest BCUT2D eigenvalue weighted by atomic mass is 79.9. The number of carbonyl (C=O) groups excluding carboxylic acids is 1. The van der Waals surface area contributed by atoms with Crippen LogP contribution in [0.25, 0.3) is 0 Å². The van der Waals surface area contributed by atoms with E-state index in [2.05, 4.69) is 15.9 Å². The molecule has 0 N–H and O–H groups in total. The van der Waals surface area contributed by atoms with E-state index in [4.69, 9.17) is 21.3 Å². The Balaban J connectivity index is 2.43. The molecular weight excluding hydrogens is 337 g/mol. The number of halogens is 3. The Kier molecular flexibility index (Phi) is 4.03. The molecule has 19 heavy (non-hydrogen) atoms. The van der Waals surface area contributed by atoms with Crippen LogP contribution in [0.1, 0.15) is 22.0 Å². The quantitative estimate of drug-likeness (QED) is 0.780. The van der Waals surface area contributed by atoms with Crippen molar-refractivity contribution in [2.75, 3.05) is 0 Å². The summed E-state index contributed by atoms with van der Waals surface area (Å²) in [6.07, 6.45) is 0. The van der Waals surface area contributed by atoms with Crippen molar-refractivity contribution in [3.63, 3.8) is 0 Å². The van der Waals surface area contributed by atoms with Gasteiger partial charge in [0.05, 0.1) is 11.1 Å². The summed E-state index contributed by atoms with van der Waals surface area (Å²) >= 11 is 8.70. The Labute approximate surface area is 121 Å². The first-order valence-electron chi connectivity index (χ1n) is 5.17. The van der Waals surface area contributed by atoms with E-state index in [1.165, 1.54) is 30.3 Å². The van der Waals surface area contributed by atoms with E-state index in [1.54, 1.807) is 6.07 Å². The van der Waals surface area contributed by atoms with Crippen molar-refractivity contribution in [1.82, 2.24) is 0 Å². The number of hydrogen-bond acceptors (Lipinski definition) is 3. The van der Waals surface area contributed by atoms with Gasteiger partial charge in [-0.3, -0.25) is 4.79 Å². The zero-order chi connectivity index (χ0) is 14.0. The molecule has 6 heteroatoms. The van der Waals surface area contributed by atoms with Gasteiger partial charge in [-0.1, -0.05) is 23.7 Å². The van der Waals surface area contributed by atoms with Crippen molar-refractivity contribution in [2.45, 2.75) is 5.92 Å². The second-order valence-electron chi connectivity index (χ2n) is 3.67.